The summed E-state index contributed by atoms with van der Waals surface area (Å²) >= 11 is 0. The van der Waals surface area contributed by atoms with Crippen LogP contribution < -0.4 is 5.32 Å². The van der Waals surface area contributed by atoms with Crippen LogP contribution in [0.15, 0.2) is 18.2 Å². The van der Waals surface area contributed by atoms with Gasteiger partial charge in [0.1, 0.15) is 6.04 Å². The molecule has 6 heteroatoms. The number of urea groups is 1. The van der Waals surface area contributed by atoms with Crippen molar-refractivity contribution in [3.63, 3.8) is 0 Å². The molecule has 2 N–H and O–H groups in total. The van der Waals surface area contributed by atoms with Crippen LogP contribution in [-0.2, 0) is 11.3 Å². The first-order valence-electron chi connectivity index (χ1n) is 6.11. The van der Waals surface area contributed by atoms with E-state index in [4.69, 9.17) is 5.11 Å². The molecule has 2 amide bonds. The lowest BCUT2D eigenvalue weighted by molar-refractivity contribution is -0.141. The monoisotopic (exact) mass is 265 g/mol. The van der Waals surface area contributed by atoms with Crippen molar-refractivity contribution < 1.29 is 14.7 Å². The van der Waals surface area contributed by atoms with Crippen molar-refractivity contribution in [2.45, 2.75) is 32.9 Å². The standard InChI is InChI=1S/C13H19N3O3/c1-4-11(12(17)18)16(3)13(19)14-8-10-7-5-6-9(2)15-10/h5-7,11H,4,8H2,1-3H3,(H,14,19)(H,17,18). The van der Waals surface area contributed by atoms with E-state index in [1.807, 2.05) is 25.1 Å². The maximum atomic E-state index is 11.8. The van der Waals surface area contributed by atoms with Crippen molar-refractivity contribution in [3.05, 3.63) is 29.6 Å². The van der Waals surface area contributed by atoms with E-state index in [1.165, 1.54) is 11.9 Å². The lowest BCUT2D eigenvalue weighted by Crippen LogP contribution is -2.46. The number of carboxylic acid groups (broad SMARTS) is 1. The molecule has 0 spiro atoms. The second kappa shape index (κ2) is 6.72. The molecule has 1 atom stereocenters. The summed E-state index contributed by atoms with van der Waals surface area (Å²) in [7, 11) is 1.47. The zero-order valence-electron chi connectivity index (χ0n) is 11.4. The van der Waals surface area contributed by atoms with Crippen molar-refractivity contribution in [1.82, 2.24) is 15.2 Å². The van der Waals surface area contributed by atoms with Gasteiger partial charge in [-0.25, -0.2) is 9.59 Å². The van der Waals surface area contributed by atoms with E-state index in [1.54, 1.807) is 6.92 Å². The highest BCUT2D eigenvalue weighted by atomic mass is 16.4. The Hall–Kier alpha value is -2.11. The average Bonchev–Trinajstić information content (AvgIpc) is 2.36. The van der Waals surface area contributed by atoms with Crippen molar-refractivity contribution in [1.29, 1.82) is 0 Å². The molecule has 1 rings (SSSR count). The van der Waals surface area contributed by atoms with Gasteiger partial charge in [0, 0.05) is 12.7 Å². The third-order valence-corrected chi connectivity index (χ3v) is 2.83. The van der Waals surface area contributed by atoms with E-state index in [0.29, 0.717) is 6.42 Å². The number of rotatable bonds is 5. The molecule has 0 saturated heterocycles. The van der Waals surface area contributed by atoms with E-state index in [0.717, 1.165) is 11.4 Å². The molecule has 104 valence electrons. The first-order chi connectivity index (χ1) is 8.95. The lowest BCUT2D eigenvalue weighted by Gasteiger charge is -2.23. The minimum Gasteiger partial charge on any atom is -0.480 e. The van der Waals surface area contributed by atoms with Gasteiger partial charge in [-0.15, -0.1) is 0 Å². The molecular weight excluding hydrogens is 246 g/mol. The Morgan fingerprint density at radius 3 is 2.68 bits per heavy atom. The molecule has 0 bridgehead atoms. The Bertz CT molecular complexity index is 462. The van der Waals surface area contributed by atoms with Gasteiger partial charge in [-0.2, -0.15) is 0 Å². The molecular formula is C13H19N3O3. The van der Waals surface area contributed by atoms with E-state index in [9.17, 15) is 9.59 Å². The second-order valence-corrected chi connectivity index (χ2v) is 4.30. The van der Waals surface area contributed by atoms with E-state index in [2.05, 4.69) is 10.3 Å². The number of likely N-dealkylation sites (N-methyl/N-ethyl adjacent to an activating group) is 1. The predicted molar refractivity (Wildman–Crippen MR) is 70.7 cm³/mol. The predicted octanol–water partition coefficient (Wildman–Crippen LogP) is 1.39. The number of carbonyl (C=O) groups is 2. The summed E-state index contributed by atoms with van der Waals surface area (Å²) in [6, 6.07) is 4.30. The molecule has 1 heterocycles. The van der Waals surface area contributed by atoms with Gasteiger partial charge in [-0.1, -0.05) is 13.0 Å². The average molecular weight is 265 g/mol. The first-order valence-corrected chi connectivity index (χ1v) is 6.11. The van der Waals surface area contributed by atoms with Crippen molar-refractivity contribution >= 4 is 12.0 Å². The zero-order chi connectivity index (χ0) is 14.4. The summed E-state index contributed by atoms with van der Waals surface area (Å²) in [5, 5.41) is 11.6. The fourth-order valence-corrected chi connectivity index (χ4v) is 1.74. The number of aromatic nitrogens is 1. The summed E-state index contributed by atoms with van der Waals surface area (Å²) in [6.07, 6.45) is 0.363. The summed E-state index contributed by atoms with van der Waals surface area (Å²) in [5.74, 6) is -1.01. The Balaban J connectivity index is 2.57. The van der Waals surface area contributed by atoms with Gasteiger partial charge in [-0.3, -0.25) is 4.98 Å². The minimum absolute atomic E-state index is 0.279. The van der Waals surface area contributed by atoms with Crippen LogP contribution in [0, 0.1) is 6.92 Å². The number of nitrogens with zero attached hydrogens (tertiary/aromatic N) is 2. The van der Waals surface area contributed by atoms with Crippen molar-refractivity contribution in [2.24, 2.45) is 0 Å². The third kappa shape index (κ3) is 4.24. The summed E-state index contributed by atoms with van der Waals surface area (Å²) in [6.45, 7) is 3.88. The Morgan fingerprint density at radius 1 is 1.47 bits per heavy atom. The van der Waals surface area contributed by atoms with Gasteiger partial charge in [0.05, 0.1) is 12.2 Å². The molecule has 6 nitrogen and oxygen atoms in total. The van der Waals surface area contributed by atoms with E-state index < -0.39 is 18.0 Å². The van der Waals surface area contributed by atoms with Gasteiger partial charge in [0.2, 0.25) is 0 Å². The molecule has 1 unspecified atom stereocenters. The number of hydrogen-bond donors (Lipinski definition) is 2. The number of hydrogen-bond acceptors (Lipinski definition) is 3. The first kappa shape index (κ1) is 14.9. The maximum absolute atomic E-state index is 11.8. The van der Waals surface area contributed by atoms with Crippen LogP contribution in [0.3, 0.4) is 0 Å². The summed E-state index contributed by atoms with van der Waals surface area (Å²) in [4.78, 5) is 28.2. The fourth-order valence-electron chi connectivity index (χ4n) is 1.74. The van der Waals surface area contributed by atoms with Crippen LogP contribution in [0.5, 0.6) is 0 Å². The highest BCUT2D eigenvalue weighted by Crippen LogP contribution is 2.03. The largest absolute Gasteiger partial charge is 0.480 e. The molecule has 1 aromatic heterocycles. The molecule has 0 aliphatic rings. The fraction of sp³-hybridized carbons (Fsp3) is 0.462. The maximum Gasteiger partial charge on any atom is 0.326 e. The van der Waals surface area contributed by atoms with Crippen molar-refractivity contribution in [2.75, 3.05) is 7.05 Å². The Morgan fingerprint density at radius 2 is 2.16 bits per heavy atom. The number of nitrogens with one attached hydrogen (secondary N) is 1. The van der Waals surface area contributed by atoms with Gasteiger partial charge in [-0.05, 0) is 25.5 Å². The van der Waals surface area contributed by atoms with Crippen LogP contribution in [0.4, 0.5) is 4.79 Å². The number of amides is 2. The van der Waals surface area contributed by atoms with Crippen LogP contribution in [-0.4, -0.2) is 40.1 Å². The highest BCUT2D eigenvalue weighted by molar-refractivity contribution is 5.82. The molecule has 0 saturated carbocycles. The second-order valence-electron chi connectivity index (χ2n) is 4.30. The number of aryl methyl sites for hydroxylation is 1. The van der Waals surface area contributed by atoms with Crippen molar-refractivity contribution in [3.8, 4) is 0 Å². The van der Waals surface area contributed by atoms with Crippen LogP contribution >= 0.6 is 0 Å². The molecule has 0 aliphatic heterocycles. The lowest BCUT2D eigenvalue weighted by atomic mass is 10.2. The highest BCUT2D eigenvalue weighted by Gasteiger charge is 2.24. The Kier molecular flexibility index (Phi) is 5.29. The molecule has 19 heavy (non-hydrogen) atoms. The number of pyridine rings is 1. The number of carboxylic acids is 1. The normalized spacial score (nSPS) is 11.7. The van der Waals surface area contributed by atoms with E-state index >= 15 is 0 Å². The smallest absolute Gasteiger partial charge is 0.326 e. The van der Waals surface area contributed by atoms with Crippen LogP contribution in [0.1, 0.15) is 24.7 Å². The Labute approximate surface area is 112 Å². The summed E-state index contributed by atoms with van der Waals surface area (Å²) in [5.41, 5.74) is 1.61. The minimum atomic E-state index is -1.01. The van der Waals surface area contributed by atoms with Gasteiger partial charge in [0.25, 0.3) is 0 Å². The molecule has 0 aliphatic carbocycles. The van der Waals surface area contributed by atoms with Gasteiger partial charge < -0.3 is 15.3 Å². The third-order valence-electron chi connectivity index (χ3n) is 2.83. The van der Waals surface area contributed by atoms with Crippen LogP contribution in [0.2, 0.25) is 0 Å². The molecule has 1 aromatic rings. The van der Waals surface area contributed by atoms with Crippen LogP contribution in [0.25, 0.3) is 0 Å². The van der Waals surface area contributed by atoms with E-state index in [-0.39, 0.29) is 6.54 Å². The number of carbonyl (C=O) groups excluding carboxylic acids is 1. The van der Waals surface area contributed by atoms with Gasteiger partial charge >= 0.3 is 12.0 Å². The topological polar surface area (TPSA) is 82.5 Å². The molecule has 0 radical (unpaired) electrons. The number of aliphatic carboxylic acids is 1. The van der Waals surface area contributed by atoms with Gasteiger partial charge in [0.15, 0.2) is 0 Å². The molecule has 0 fully saturated rings. The quantitative estimate of drug-likeness (QED) is 0.843. The zero-order valence-corrected chi connectivity index (χ0v) is 11.4. The summed E-state index contributed by atoms with van der Waals surface area (Å²) < 4.78 is 0. The molecule has 0 aromatic carbocycles. The SMILES string of the molecule is CCC(C(=O)O)N(C)C(=O)NCc1cccc(C)n1.